The molecule has 122 valence electrons. The highest BCUT2D eigenvalue weighted by Gasteiger charge is 2.32. The summed E-state index contributed by atoms with van der Waals surface area (Å²) in [6.45, 7) is 0.621. The van der Waals surface area contributed by atoms with Crippen molar-refractivity contribution in [1.29, 1.82) is 0 Å². The Morgan fingerprint density at radius 3 is 2.57 bits per heavy atom. The van der Waals surface area contributed by atoms with Gasteiger partial charge in [0.2, 0.25) is 0 Å². The molecule has 2 aromatic rings. The Balaban J connectivity index is 1.69. The number of H-pyrrole nitrogens is 1. The second-order valence-corrected chi connectivity index (χ2v) is 5.48. The lowest BCUT2D eigenvalue weighted by molar-refractivity contribution is -0.137. The molecule has 0 bridgehead atoms. The number of halogens is 3. The minimum absolute atomic E-state index is 0.0283. The molecule has 0 unspecified atom stereocenters. The first-order chi connectivity index (χ1) is 10.9. The fourth-order valence-corrected chi connectivity index (χ4v) is 2.82. The molecule has 1 aliphatic rings. The molecule has 1 atom stereocenters. The van der Waals surface area contributed by atoms with Crippen LogP contribution in [0.15, 0.2) is 42.6 Å². The maximum atomic E-state index is 12.5. The largest absolute Gasteiger partial charge is 0.416 e. The van der Waals surface area contributed by atoms with Gasteiger partial charge in [-0.25, -0.2) is 4.79 Å². The highest BCUT2D eigenvalue weighted by Crippen LogP contribution is 2.32. The molecular weight excluding hydrogens is 307 g/mol. The Hall–Kier alpha value is -2.44. The van der Waals surface area contributed by atoms with Crippen molar-refractivity contribution in [3.05, 3.63) is 53.9 Å². The summed E-state index contributed by atoms with van der Waals surface area (Å²) in [6, 6.07) is 7.92. The molecule has 2 heterocycles. The van der Waals surface area contributed by atoms with E-state index in [-0.39, 0.29) is 12.1 Å². The molecule has 1 aromatic carbocycles. The van der Waals surface area contributed by atoms with E-state index in [1.807, 2.05) is 12.1 Å². The third-order valence-corrected chi connectivity index (χ3v) is 3.96. The number of hydrogen-bond acceptors (Lipinski definition) is 1. The standard InChI is InChI=1S/C16H16F3N3O/c17-16(18,19)11-5-7-12(8-6-11)21-15(23)22-10-2-4-14(22)13-3-1-9-20-13/h1,3,5-9,14,20H,2,4,10H2,(H,21,23)/t14-/m1/s1. The topological polar surface area (TPSA) is 48.1 Å². The van der Waals surface area contributed by atoms with Crippen molar-refractivity contribution < 1.29 is 18.0 Å². The third kappa shape index (κ3) is 3.33. The van der Waals surface area contributed by atoms with Gasteiger partial charge in [0, 0.05) is 24.1 Å². The fraction of sp³-hybridized carbons (Fsp3) is 0.312. The van der Waals surface area contributed by atoms with E-state index in [1.165, 1.54) is 12.1 Å². The summed E-state index contributed by atoms with van der Waals surface area (Å²) in [5.74, 6) is 0. The van der Waals surface area contributed by atoms with Gasteiger partial charge in [-0.1, -0.05) is 0 Å². The summed E-state index contributed by atoms with van der Waals surface area (Å²) >= 11 is 0. The van der Waals surface area contributed by atoms with Crippen LogP contribution < -0.4 is 5.32 Å². The van der Waals surface area contributed by atoms with Crippen LogP contribution in [0.5, 0.6) is 0 Å². The Morgan fingerprint density at radius 2 is 1.96 bits per heavy atom. The number of carbonyl (C=O) groups excluding carboxylic acids is 1. The number of nitrogens with one attached hydrogen (secondary N) is 2. The van der Waals surface area contributed by atoms with Crippen LogP contribution in [0.2, 0.25) is 0 Å². The van der Waals surface area contributed by atoms with Crippen LogP contribution in [-0.2, 0) is 6.18 Å². The maximum absolute atomic E-state index is 12.5. The predicted molar refractivity (Wildman–Crippen MR) is 79.9 cm³/mol. The lowest BCUT2D eigenvalue weighted by Gasteiger charge is -2.24. The van der Waals surface area contributed by atoms with Crippen LogP contribution in [0, 0.1) is 0 Å². The summed E-state index contributed by atoms with van der Waals surface area (Å²) in [5, 5.41) is 2.66. The minimum atomic E-state index is -4.38. The van der Waals surface area contributed by atoms with Crippen molar-refractivity contribution in [3.63, 3.8) is 0 Å². The Bertz CT molecular complexity index is 665. The molecule has 2 N–H and O–H groups in total. The number of hydrogen-bond donors (Lipinski definition) is 2. The van der Waals surface area contributed by atoms with Gasteiger partial charge in [-0.05, 0) is 49.2 Å². The van der Waals surface area contributed by atoms with Gasteiger partial charge in [0.25, 0.3) is 0 Å². The van der Waals surface area contributed by atoms with Crippen molar-refractivity contribution in [3.8, 4) is 0 Å². The van der Waals surface area contributed by atoms with Crippen LogP contribution >= 0.6 is 0 Å². The maximum Gasteiger partial charge on any atom is 0.416 e. The number of carbonyl (C=O) groups is 1. The summed E-state index contributed by atoms with van der Waals surface area (Å²) in [7, 11) is 0. The molecule has 0 spiro atoms. The SMILES string of the molecule is O=C(Nc1ccc(C(F)(F)F)cc1)N1CCC[C@@H]1c1ccc[nH]1. The lowest BCUT2D eigenvalue weighted by Crippen LogP contribution is -2.34. The molecule has 1 aliphatic heterocycles. The number of benzene rings is 1. The minimum Gasteiger partial charge on any atom is -0.363 e. The van der Waals surface area contributed by atoms with Gasteiger partial charge in [-0.3, -0.25) is 0 Å². The molecule has 1 fully saturated rings. The van der Waals surface area contributed by atoms with Gasteiger partial charge in [0.15, 0.2) is 0 Å². The molecular formula is C16H16F3N3O. The molecule has 4 nitrogen and oxygen atoms in total. The summed E-state index contributed by atoms with van der Waals surface area (Å²) in [5.41, 5.74) is 0.575. The van der Waals surface area contributed by atoms with Crippen molar-refractivity contribution >= 4 is 11.7 Å². The van der Waals surface area contributed by atoms with Gasteiger partial charge in [-0.15, -0.1) is 0 Å². The van der Waals surface area contributed by atoms with Crippen molar-refractivity contribution in [2.75, 3.05) is 11.9 Å². The third-order valence-electron chi connectivity index (χ3n) is 3.96. The number of aromatic amines is 1. The Kier molecular flexibility index (Phi) is 4.02. The monoisotopic (exact) mass is 323 g/mol. The molecule has 7 heteroatoms. The fourth-order valence-electron chi connectivity index (χ4n) is 2.82. The first-order valence-electron chi connectivity index (χ1n) is 7.33. The molecule has 23 heavy (non-hydrogen) atoms. The smallest absolute Gasteiger partial charge is 0.363 e. The summed E-state index contributed by atoms with van der Waals surface area (Å²) in [4.78, 5) is 17.2. The molecule has 0 radical (unpaired) electrons. The molecule has 0 saturated carbocycles. The zero-order valence-electron chi connectivity index (χ0n) is 12.2. The number of urea groups is 1. The van der Waals surface area contributed by atoms with Gasteiger partial charge in [0.05, 0.1) is 11.6 Å². The predicted octanol–water partition coefficient (Wildman–Crippen LogP) is 4.40. The van der Waals surface area contributed by atoms with Gasteiger partial charge in [-0.2, -0.15) is 13.2 Å². The van der Waals surface area contributed by atoms with E-state index in [0.717, 1.165) is 30.7 Å². The van der Waals surface area contributed by atoms with Crippen molar-refractivity contribution in [2.45, 2.75) is 25.1 Å². The van der Waals surface area contributed by atoms with E-state index in [0.29, 0.717) is 12.2 Å². The highest BCUT2D eigenvalue weighted by atomic mass is 19.4. The number of alkyl halides is 3. The first-order valence-corrected chi connectivity index (χ1v) is 7.33. The van der Waals surface area contributed by atoms with E-state index >= 15 is 0 Å². The molecule has 0 aliphatic carbocycles. The number of amides is 2. The van der Waals surface area contributed by atoms with Crippen LogP contribution in [0.1, 0.15) is 30.1 Å². The quantitative estimate of drug-likeness (QED) is 0.845. The Labute approximate surface area is 131 Å². The molecule has 1 aromatic heterocycles. The number of rotatable bonds is 2. The van der Waals surface area contributed by atoms with Crippen LogP contribution in [0.25, 0.3) is 0 Å². The molecule has 1 saturated heterocycles. The van der Waals surface area contributed by atoms with E-state index in [9.17, 15) is 18.0 Å². The van der Waals surface area contributed by atoms with Gasteiger partial charge < -0.3 is 15.2 Å². The number of aromatic nitrogens is 1. The summed E-state index contributed by atoms with van der Waals surface area (Å²) in [6.07, 6.45) is -0.819. The van der Waals surface area contributed by atoms with Crippen LogP contribution in [0.3, 0.4) is 0 Å². The molecule has 3 rings (SSSR count). The van der Waals surface area contributed by atoms with Crippen molar-refractivity contribution in [1.82, 2.24) is 9.88 Å². The van der Waals surface area contributed by atoms with E-state index < -0.39 is 11.7 Å². The average molecular weight is 323 g/mol. The second-order valence-electron chi connectivity index (χ2n) is 5.48. The zero-order chi connectivity index (χ0) is 16.4. The first kappa shape index (κ1) is 15.5. The Morgan fingerprint density at radius 1 is 1.22 bits per heavy atom. The second kappa shape index (κ2) is 5.98. The number of nitrogens with zero attached hydrogens (tertiary/aromatic N) is 1. The normalized spacial score (nSPS) is 18.2. The van der Waals surface area contributed by atoms with Crippen LogP contribution in [0.4, 0.5) is 23.7 Å². The lowest BCUT2D eigenvalue weighted by atomic mass is 10.1. The average Bonchev–Trinajstić information content (AvgIpc) is 3.17. The highest BCUT2D eigenvalue weighted by molar-refractivity contribution is 5.89. The summed E-state index contributed by atoms with van der Waals surface area (Å²) < 4.78 is 37.6. The van der Waals surface area contributed by atoms with Crippen molar-refractivity contribution in [2.24, 2.45) is 0 Å². The number of likely N-dealkylation sites (tertiary alicyclic amines) is 1. The van der Waals surface area contributed by atoms with E-state index in [4.69, 9.17) is 0 Å². The molecule has 2 amide bonds. The zero-order valence-corrected chi connectivity index (χ0v) is 12.2. The van der Waals surface area contributed by atoms with E-state index in [1.54, 1.807) is 11.1 Å². The van der Waals surface area contributed by atoms with Gasteiger partial charge >= 0.3 is 12.2 Å². The van der Waals surface area contributed by atoms with E-state index in [2.05, 4.69) is 10.3 Å². The number of anilines is 1. The van der Waals surface area contributed by atoms with Crippen LogP contribution in [-0.4, -0.2) is 22.5 Å². The van der Waals surface area contributed by atoms with Gasteiger partial charge in [0.1, 0.15) is 0 Å².